The largest absolute Gasteiger partial charge is 0.312 e. The van der Waals surface area contributed by atoms with Gasteiger partial charge in [0.25, 0.3) is 0 Å². The van der Waals surface area contributed by atoms with Crippen molar-refractivity contribution in [2.45, 2.75) is 43.7 Å². The number of aromatic nitrogens is 3. The summed E-state index contributed by atoms with van der Waals surface area (Å²) in [4.78, 5) is -0.234. The van der Waals surface area contributed by atoms with Gasteiger partial charge in [0.05, 0.1) is 6.54 Å². The molecule has 0 unspecified atom stereocenters. The minimum absolute atomic E-state index is 0. The van der Waals surface area contributed by atoms with E-state index in [4.69, 9.17) is 0 Å². The molecule has 1 aromatic carbocycles. The average Bonchev–Trinajstić information content (AvgIpc) is 3.08. The van der Waals surface area contributed by atoms with Crippen LogP contribution in [0.1, 0.15) is 36.0 Å². The number of benzene rings is 1. The van der Waals surface area contributed by atoms with Gasteiger partial charge in [-0.3, -0.25) is 0 Å². The molecule has 0 atom stereocenters. The molecule has 10 heteroatoms. The highest BCUT2D eigenvalue weighted by atomic mass is 35.5. The maximum Gasteiger partial charge on any atom is 0.245 e. The lowest BCUT2D eigenvalue weighted by molar-refractivity contribution is 0.306. The van der Waals surface area contributed by atoms with Crippen molar-refractivity contribution in [3.8, 4) is 0 Å². The van der Waals surface area contributed by atoms with E-state index in [0.717, 1.165) is 24.7 Å². The third kappa shape index (κ3) is 3.61. The highest BCUT2D eigenvalue weighted by molar-refractivity contribution is 7.89. The third-order valence-electron chi connectivity index (χ3n) is 5.24. The molecule has 1 aromatic heterocycles. The smallest absolute Gasteiger partial charge is 0.245 e. The number of aryl methyl sites for hydroxylation is 1. The van der Waals surface area contributed by atoms with Crippen molar-refractivity contribution in [3.05, 3.63) is 41.2 Å². The zero-order valence-electron chi connectivity index (χ0n) is 15.1. The number of nitrogens with one attached hydrogen (secondary N) is 1. The zero-order valence-corrected chi connectivity index (χ0v) is 16.7. The standard InChI is InChI=1S/C17H22FN5O2S.ClH/c1-12-3-2-4-14(16(12)18)26(24,25)22-8-5-13(6-9-22)17-21-20-15-11-19-7-10-23(15)17;/h2-4,13,19H,5-11H2,1H3;1H. The molecule has 2 aliphatic rings. The number of nitrogens with zero attached hydrogens (tertiary/aromatic N) is 4. The summed E-state index contributed by atoms with van der Waals surface area (Å²) in [6.07, 6.45) is 1.33. The van der Waals surface area contributed by atoms with Gasteiger partial charge in [0, 0.05) is 32.1 Å². The van der Waals surface area contributed by atoms with Gasteiger partial charge in [0.2, 0.25) is 10.0 Å². The summed E-state index contributed by atoms with van der Waals surface area (Å²) in [7, 11) is -3.82. The number of hydrogen-bond acceptors (Lipinski definition) is 5. The summed E-state index contributed by atoms with van der Waals surface area (Å²) in [6.45, 7) is 4.74. The number of sulfonamides is 1. The minimum atomic E-state index is -3.82. The maximum atomic E-state index is 14.3. The lowest BCUT2D eigenvalue weighted by Gasteiger charge is -2.31. The van der Waals surface area contributed by atoms with Gasteiger partial charge in [-0.05, 0) is 31.4 Å². The molecule has 1 N–H and O–H groups in total. The monoisotopic (exact) mass is 415 g/mol. The third-order valence-corrected chi connectivity index (χ3v) is 7.16. The minimum Gasteiger partial charge on any atom is -0.312 e. The van der Waals surface area contributed by atoms with Gasteiger partial charge >= 0.3 is 0 Å². The van der Waals surface area contributed by atoms with E-state index < -0.39 is 15.8 Å². The molecule has 0 spiro atoms. The fourth-order valence-electron chi connectivity index (χ4n) is 3.73. The Morgan fingerprint density at radius 2 is 1.93 bits per heavy atom. The van der Waals surface area contributed by atoms with Crippen LogP contribution in [0.3, 0.4) is 0 Å². The van der Waals surface area contributed by atoms with Gasteiger partial charge in [-0.1, -0.05) is 12.1 Å². The van der Waals surface area contributed by atoms with Crippen LogP contribution < -0.4 is 5.32 Å². The van der Waals surface area contributed by atoms with Gasteiger partial charge in [-0.2, -0.15) is 4.31 Å². The van der Waals surface area contributed by atoms with Gasteiger partial charge in [0.15, 0.2) is 0 Å². The maximum absolute atomic E-state index is 14.3. The fourth-order valence-corrected chi connectivity index (χ4v) is 5.34. The Labute approximate surface area is 164 Å². The quantitative estimate of drug-likeness (QED) is 0.827. The molecule has 0 aliphatic carbocycles. The molecule has 1 saturated heterocycles. The molecule has 0 radical (unpaired) electrons. The lowest BCUT2D eigenvalue weighted by atomic mass is 9.97. The Hall–Kier alpha value is -1.55. The first kappa shape index (κ1) is 20.2. The number of piperidine rings is 1. The van der Waals surface area contributed by atoms with Crippen LogP contribution >= 0.6 is 12.4 Å². The van der Waals surface area contributed by atoms with Crippen LogP contribution in [0.4, 0.5) is 4.39 Å². The summed E-state index contributed by atoms with van der Waals surface area (Å²) >= 11 is 0. The summed E-state index contributed by atoms with van der Waals surface area (Å²) in [5, 5.41) is 11.8. The molecule has 4 rings (SSSR count). The van der Waals surface area contributed by atoms with Crippen LogP contribution in [-0.2, 0) is 23.1 Å². The van der Waals surface area contributed by atoms with Crippen LogP contribution in [-0.4, -0.2) is 47.1 Å². The molecule has 7 nitrogen and oxygen atoms in total. The molecule has 0 bridgehead atoms. The van der Waals surface area contributed by atoms with E-state index in [-0.39, 0.29) is 23.2 Å². The van der Waals surface area contributed by atoms with E-state index in [1.165, 1.54) is 10.4 Å². The van der Waals surface area contributed by atoms with E-state index in [1.807, 2.05) is 0 Å². The molecule has 0 saturated carbocycles. The Morgan fingerprint density at radius 1 is 1.19 bits per heavy atom. The first-order chi connectivity index (χ1) is 12.5. The van der Waals surface area contributed by atoms with Crippen LogP contribution in [0.2, 0.25) is 0 Å². The molecule has 1 fully saturated rings. The van der Waals surface area contributed by atoms with Crippen molar-refractivity contribution in [2.75, 3.05) is 19.6 Å². The number of hydrogen-bond donors (Lipinski definition) is 1. The summed E-state index contributed by atoms with van der Waals surface area (Å²) in [5.74, 6) is 1.40. The first-order valence-corrected chi connectivity index (χ1v) is 10.3. The topological polar surface area (TPSA) is 80.1 Å². The lowest BCUT2D eigenvalue weighted by Crippen LogP contribution is -2.39. The Balaban J connectivity index is 0.00000210. The molecule has 2 aliphatic heterocycles. The second kappa shape index (κ2) is 7.83. The zero-order chi connectivity index (χ0) is 18.3. The SMILES string of the molecule is Cc1cccc(S(=O)(=O)N2CCC(c3nnc4n3CCNC4)CC2)c1F.Cl. The van der Waals surface area contributed by atoms with Crippen LogP contribution in [0.25, 0.3) is 0 Å². The van der Waals surface area contributed by atoms with Crippen molar-refractivity contribution in [2.24, 2.45) is 0 Å². The molecule has 2 aromatic rings. The Bertz CT molecular complexity index is 925. The summed E-state index contributed by atoms with van der Waals surface area (Å²) in [5.41, 5.74) is 0.338. The van der Waals surface area contributed by atoms with Crippen molar-refractivity contribution >= 4 is 22.4 Å². The fraction of sp³-hybridized carbons (Fsp3) is 0.529. The summed E-state index contributed by atoms with van der Waals surface area (Å²) in [6, 6.07) is 4.49. The van der Waals surface area contributed by atoms with E-state index in [2.05, 4.69) is 20.1 Å². The molecule has 0 amide bonds. The van der Waals surface area contributed by atoms with Crippen LogP contribution in [0.15, 0.2) is 23.1 Å². The normalized spacial score (nSPS) is 18.7. The van der Waals surface area contributed by atoms with Gasteiger partial charge < -0.3 is 9.88 Å². The van der Waals surface area contributed by atoms with Crippen molar-refractivity contribution < 1.29 is 12.8 Å². The Morgan fingerprint density at radius 3 is 2.67 bits per heavy atom. The molecule has 3 heterocycles. The van der Waals surface area contributed by atoms with E-state index >= 15 is 0 Å². The van der Waals surface area contributed by atoms with Crippen molar-refractivity contribution in [1.29, 1.82) is 0 Å². The highest BCUT2D eigenvalue weighted by Crippen LogP contribution is 2.31. The van der Waals surface area contributed by atoms with Gasteiger partial charge in [-0.25, -0.2) is 12.8 Å². The van der Waals surface area contributed by atoms with Crippen molar-refractivity contribution in [3.63, 3.8) is 0 Å². The molecule has 148 valence electrons. The predicted molar refractivity (Wildman–Crippen MR) is 101 cm³/mol. The van der Waals surface area contributed by atoms with E-state index in [0.29, 0.717) is 38.0 Å². The van der Waals surface area contributed by atoms with Gasteiger partial charge in [-0.15, -0.1) is 22.6 Å². The Kier molecular flexibility index (Phi) is 5.85. The average molecular weight is 416 g/mol. The van der Waals surface area contributed by atoms with Crippen LogP contribution in [0.5, 0.6) is 0 Å². The van der Waals surface area contributed by atoms with Crippen molar-refractivity contribution in [1.82, 2.24) is 24.4 Å². The predicted octanol–water partition coefficient (Wildman–Crippen LogP) is 1.82. The van der Waals surface area contributed by atoms with E-state index in [9.17, 15) is 12.8 Å². The highest BCUT2D eigenvalue weighted by Gasteiger charge is 2.34. The number of halogens is 2. The first-order valence-electron chi connectivity index (χ1n) is 8.86. The number of rotatable bonds is 3. The molecular formula is C17H23ClFN5O2S. The van der Waals surface area contributed by atoms with E-state index in [1.54, 1.807) is 19.1 Å². The summed E-state index contributed by atoms with van der Waals surface area (Å²) < 4.78 is 43.5. The second-order valence-electron chi connectivity index (χ2n) is 6.87. The molecular weight excluding hydrogens is 393 g/mol. The van der Waals surface area contributed by atoms with Crippen LogP contribution in [0, 0.1) is 12.7 Å². The van der Waals surface area contributed by atoms with Gasteiger partial charge in [0.1, 0.15) is 22.4 Å². The molecule has 27 heavy (non-hydrogen) atoms. The number of fused-ring (bicyclic) bond motifs is 1. The second-order valence-corrected chi connectivity index (χ2v) is 8.77.